The van der Waals surface area contributed by atoms with Gasteiger partial charge >= 0.3 is 6.09 Å². The van der Waals surface area contributed by atoms with Gasteiger partial charge in [-0.25, -0.2) is 4.79 Å². The topological polar surface area (TPSA) is 93.8 Å². The van der Waals surface area contributed by atoms with E-state index in [1.54, 1.807) is 0 Å². The number of nitrogens with two attached hydrogens (primary N) is 1. The number of hydrogen-bond acceptors (Lipinski definition) is 3. The molecule has 2 amide bonds. The molecule has 0 heterocycles. The van der Waals surface area contributed by atoms with Crippen LogP contribution < -0.4 is 11.1 Å². The van der Waals surface area contributed by atoms with Crippen LogP contribution in [0.3, 0.4) is 0 Å². The maximum atomic E-state index is 11.0. The van der Waals surface area contributed by atoms with Gasteiger partial charge in [0, 0.05) is 6.92 Å². The number of hydrogen-bond donors (Lipinski definition) is 2. The number of carbonyl (C=O) groups excluding carboxylic acids is 2. The van der Waals surface area contributed by atoms with Crippen LogP contribution in [0.25, 0.3) is 0 Å². The highest BCUT2D eigenvalue weighted by Crippen LogP contribution is 2.01. The number of amides is 2. The van der Waals surface area contributed by atoms with Crippen molar-refractivity contribution in [3.8, 4) is 0 Å². The number of guanidine groups is 1. The van der Waals surface area contributed by atoms with Crippen molar-refractivity contribution in [2.45, 2.75) is 27.2 Å². The van der Waals surface area contributed by atoms with E-state index in [2.05, 4.69) is 10.3 Å². The van der Waals surface area contributed by atoms with E-state index in [0.29, 0.717) is 6.61 Å². The van der Waals surface area contributed by atoms with E-state index in [1.807, 2.05) is 13.8 Å². The van der Waals surface area contributed by atoms with Crippen molar-refractivity contribution in [3.63, 3.8) is 0 Å². The highest BCUT2D eigenvalue weighted by atomic mass is 16.5. The molecule has 0 aromatic rings. The van der Waals surface area contributed by atoms with Crippen molar-refractivity contribution in [1.29, 1.82) is 0 Å². The predicted molar refractivity (Wildman–Crippen MR) is 56.2 cm³/mol. The average Bonchev–Trinajstić information content (AvgIpc) is 2.12. The second-order valence-corrected chi connectivity index (χ2v) is 3.27. The van der Waals surface area contributed by atoms with Crippen molar-refractivity contribution in [3.05, 3.63) is 0 Å². The SMILES string of the molecule is CCC(C)COC(=O)N=C(N)NC(C)=O. The highest BCUT2D eigenvalue weighted by Gasteiger charge is 2.05. The Labute approximate surface area is 88.9 Å². The van der Waals surface area contributed by atoms with Gasteiger partial charge in [0.2, 0.25) is 11.9 Å². The Balaban J connectivity index is 3.96. The lowest BCUT2D eigenvalue weighted by Crippen LogP contribution is -2.35. The van der Waals surface area contributed by atoms with Gasteiger partial charge in [0.05, 0.1) is 6.61 Å². The van der Waals surface area contributed by atoms with Gasteiger partial charge < -0.3 is 10.5 Å². The monoisotopic (exact) mass is 215 g/mol. The lowest BCUT2D eigenvalue weighted by molar-refractivity contribution is -0.117. The zero-order valence-corrected chi connectivity index (χ0v) is 9.24. The van der Waals surface area contributed by atoms with Crippen LogP contribution in [0, 0.1) is 5.92 Å². The van der Waals surface area contributed by atoms with E-state index in [-0.39, 0.29) is 17.8 Å². The van der Waals surface area contributed by atoms with Crippen molar-refractivity contribution in [1.82, 2.24) is 5.32 Å². The number of carbonyl (C=O) groups is 2. The third-order valence-electron chi connectivity index (χ3n) is 1.70. The fourth-order valence-corrected chi connectivity index (χ4v) is 0.670. The van der Waals surface area contributed by atoms with Gasteiger partial charge in [-0.15, -0.1) is 4.99 Å². The number of rotatable bonds is 3. The quantitative estimate of drug-likeness (QED) is 0.533. The minimum atomic E-state index is -0.790. The molecule has 0 saturated carbocycles. The lowest BCUT2D eigenvalue weighted by atomic mass is 10.1. The molecule has 3 N–H and O–H groups in total. The van der Waals surface area contributed by atoms with E-state index >= 15 is 0 Å². The first kappa shape index (κ1) is 13.4. The Kier molecular flexibility index (Phi) is 6.08. The molecule has 0 aromatic carbocycles. The van der Waals surface area contributed by atoms with Crippen LogP contribution in [0.15, 0.2) is 4.99 Å². The molecule has 86 valence electrons. The van der Waals surface area contributed by atoms with Gasteiger partial charge in [-0.3, -0.25) is 10.1 Å². The molecule has 6 nitrogen and oxygen atoms in total. The minimum Gasteiger partial charge on any atom is -0.448 e. The summed E-state index contributed by atoms with van der Waals surface area (Å²) in [6, 6.07) is 0. The molecule has 1 unspecified atom stereocenters. The number of nitrogens with zero attached hydrogens (tertiary/aromatic N) is 1. The first-order valence-electron chi connectivity index (χ1n) is 4.74. The second-order valence-electron chi connectivity index (χ2n) is 3.27. The molecule has 0 aromatic heterocycles. The third-order valence-corrected chi connectivity index (χ3v) is 1.70. The third kappa shape index (κ3) is 7.48. The lowest BCUT2D eigenvalue weighted by Gasteiger charge is -2.07. The van der Waals surface area contributed by atoms with Crippen LogP contribution in [0.4, 0.5) is 4.79 Å². The van der Waals surface area contributed by atoms with Crippen LogP contribution in [-0.2, 0) is 9.53 Å². The van der Waals surface area contributed by atoms with Gasteiger partial charge in [-0.1, -0.05) is 20.3 Å². The first-order chi connectivity index (χ1) is 6.95. The highest BCUT2D eigenvalue weighted by molar-refractivity contribution is 5.99. The Morgan fingerprint density at radius 1 is 1.53 bits per heavy atom. The number of nitrogens with one attached hydrogen (secondary N) is 1. The smallest absolute Gasteiger partial charge is 0.436 e. The maximum Gasteiger partial charge on any atom is 0.436 e. The summed E-state index contributed by atoms with van der Waals surface area (Å²) in [5.41, 5.74) is 5.23. The Hall–Kier alpha value is -1.59. The fourth-order valence-electron chi connectivity index (χ4n) is 0.670. The standard InChI is InChI=1S/C9H17N3O3/c1-4-6(2)5-15-9(14)12-8(10)11-7(3)13/h6H,4-5H2,1-3H3,(H3,10,11,12,13,14). The zero-order valence-electron chi connectivity index (χ0n) is 9.24. The summed E-state index contributed by atoms with van der Waals surface area (Å²) in [5, 5.41) is 2.16. The number of ether oxygens (including phenoxy) is 1. The molecule has 0 saturated heterocycles. The molecule has 0 rings (SSSR count). The van der Waals surface area contributed by atoms with Crippen molar-refractivity contribution in [2.75, 3.05) is 6.61 Å². The molecule has 6 heteroatoms. The average molecular weight is 215 g/mol. The van der Waals surface area contributed by atoms with E-state index in [4.69, 9.17) is 10.5 Å². The summed E-state index contributed by atoms with van der Waals surface area (Å²) in [6.45, 7) is 5.51. The van der Waals surface area contributed by atoms with Crippen LogP contribution in [-0.4, -0.2) is 24.6 Å². The van der Waals surface area contributed by atoms with Crippen LogP contribution in [0.1, 0.15) is 27.2 Å². The molecule has 15 heavy (non-hydrogen) atoms. The van der Waals surface area contributed by atoms with Gasteiger partial charge in [0.15, 0.2) is 0 Å². The zero-order chi connectivity index (χ0) is 11.8. The van der Waals surface area contributed by atoms with Crippen molar-refractivity contribution >= 4 is 18.0 Å². The molecule has 1 atom stereocenters. The predicted octanol–water partition coefficient (Wildman–Crippen LogP) is 0.620. The minimum absolute atomic E-state index is 0.253. The van der Waals surface area contributed by atoms with Crippen molar-refractivity contribution in [2.24, 2.45) is 16.6 Å². The summed E-state index contributed by atoms with van der Waals surface area (Å²) >= 11 is 0. The van der Waals surface area contributed by atoms with E-state index in [1.165, 1.54) is 6.92 Å². The molecule has 0 aliphatic carbocycles. The van der Waals surface area contributed by atoms with Gasteiger partial charge in [-0.05, 0) is 5.92 Å². The molecule has 0 aliphatic rings. The van der Waals surface area contributed by atoms with Crippen LogP contribution >= 0.6 is 0 Å². The van der Waals surface area contributed by atoms with E-state index in [9.17, 15) is 9.59 Å². The van der Waals surface area contributed by atoms with Gasteiger partial charge in [-0.2, -0.15) is 0 Å². The van der Waals surface area contributed by atoms with E-state index in [0.717, 1.165) is 6.42 Å². The summed E-state index contributed by atoms with van der Waals surface area (Å²) in [5.74, 6) is -0.353. The van der Waals surface area contributed by atoms with Gasteiger partial charge in [0.25, 0.3) is 0 Å². The molecule has 0 bridgehead atoms. The summed E-state index contributed by atoms with van der Waals surface area (Å²) in [6.07, 6.45) is 0.125. The Bertz CT molecular complexity index is 263. The maximum absolute atomic E-state index is 11.0. The number of aliphatic imine (C=N–C) groups is 1. The Morgan fingerprint density at radius 3 is 2.60 bits per heavy atom. The van der Waals surface area contributed by atoms with Crippen LogP contribution in [0.5, 0.6) is 0 Å². The van der Waals surface area contributed by atoms with Gasteiger partial charge in [0.1, 0.15) is 0 Å². The summed E-state index contributed by atoms with van der Waals surface area (Å²) < 4.78 is 4.79. The van der Waals surface area contributed by atoms with Crippen LogP contribution in [0.2, 0.25) is 0 Å². The first-order valence-corrected chi connectivity index (χ1v) is 4.74. The second kappa shape index (κ2) is 6.80. The molecule has 0 aliphatic heterocycles. The summed E-state index contributed by atoms with van der Waals surface area (Å²) in [7, 11) is 0. The molecule has 0 radical (unpaired) electrons. The van der Waals surface area contributed by atoms with Crippen molar-refractivity contribution < 1.29 is 14.3 Å². The largest absolute Gasteiger partial charge is 0.448 e. The fraction of sp³-hybridized carbons (Fsp3) is 0.667. The Morgan fingerprint density at radius 2 is 2.13 bits per heavy atom. The molecular formula is C9H17N3O3. The molecular weight excluding hydrogens is 198 g/mol. The normalized spacial score (nSPS) is 13.1. The van der Waals surface area contributed by atoms with E-state index < -0.39 is 6.09 Å². The molecule has 0 spiro atoms. The molecule has 0 fully saturated rings. The summed E-state index contributed by atoms with van der Waals surface area (Å²) in [4.78, 5) is 24.9.